The van der Waals surface area contributed by atoms with Gasteiger partial charge in [0.1, 0.15) is 0 Å². The van der Waals surface area contributed by atoms with Crippen LogP contribution in [0.25, 0.3) is 10.9 Å². The maximum atomic E-state index is 11.3. The molecule has 26 heavy (non-hydrogen) atoms. The van der Waals surface area contributed by atoms with Crippen LogP contribution >= 0.6 is 0 Å². The zero-order chi connectivity index (χ0) is 18.5. The monoisotopic (exact) mass is 350 g/mol. The maximum absolute atomic E-state index is 11.3. The summed E-state index contributed by atoms with van der Waals surface area (Å²) in [4.78, 5) is 6.65. The second-order valence-electron chi connectivity index (χ2n) is 7.63. The van der Waals surface area contributed by atoms with Crippen LogP contribution in [0.15, 0.2) is 36.5 Å². The topological polar surface area (TPSA) is 67.3 Å². The number of aryl methyl sites for hydroxylation is 2. The third-order valence-corrected chi connectivity index (χ3v) is 5.32. The molecule has 1 aromatic carbocycles. The highest BCUT2D eigenvalue weighted by Crippen LogP contribution is 2.34. The Morgan fingerprint density at radius 3 is 2.77 bits per heavy atom. The lowest BCUT2D eigenvalue weighted by Crippen LogP contribution is -2.46. The average molecular weight is 350 g/mol. The Hall–Kier alpha value is -2.21. The number of hydrogen-bond donors (Lipinski definition) is 2. The van der Waals surface area contributed by atoms with Gasteiger partial charge in [0.05, 0.1) is 5.52 Å². The molecule has 3 heterocycles. The zero-order valence-electron chi connectivity index (χ0n) is 15.7. The molecule has 0 saturated carbocycles. The van der Waals surface area contributed by atoms with Crippen molar-refractivity contribution in [1.82, 2.24) is 14.5 Å². The number of benzene rings is 1. The molecule has 0 radical (unpaired) electrons. The molecule has 4 rings (SSSR count). The van der Waals surface area contributed by atoms with E-state index in [2.05, 4.69) is 42.1 Å². The van der Waals surface area contributed by atoms with E-state index in [4.69, 9.17) is 5.73 Å². The quantitative estimate of drug-likeness (QED) is 0.712. The predicted octanol–water partition coefficient (Wildman–Crippen LogP) is 2.45. The zero-order valence-corrected chi connectivity index (χ0v) is 15.7. The van der Waals surface area contributed by atoms with E-state index in [0.717, 1.165) is 42.0 Å². The summed E-state index contributed by atoms with van der Waals surface area (Å²) in [6.07, 6.45) is 2.99. The molecular formula is C21H26N4O. The van der Waals surface area contributed by atoms with Gasteiger partial charge in [-0.05, 0) is 50.2 Å². The van der Waals surface area contributed by atoms with Gasteiger partial charge in [0, 0.05) is 48.9 Å². The minimum Gasteiger partial charge on any atom is -0.358 e. The first kappa shape index (κ1) is 17.2. The molecule has 1 atom stereocenters. The number of aliphatic hydroxyl groups is 1. The molecule has 1 aliphatic rings. The van der Waals surface area contributed by atoms with Gasteiger partial charge in [-0.1, -0.05) is 17.7 Å². The van der Waals surface area contributed by atoms with Crippen molar-refractivity contribution in [2.75, 3.05) is 13.6 Å². The van der Waals surface area contributed by atoms with Gasteiger partial charge in [-0.15, -0.1) is 0 Å². The van der Waals surface area contributed by atoms with Crippen molar-refractivity contribution < 1.29 is 5.11 Å². The number of fused-ring (bicyclic) bond motifs is 3. The van der Waals surface area contributed by atoms with Crippen molar-refractivity contribution in [2.45, 2.75) is 39.1 Å². The van der Waals surface area contributed by atoms with Crippen molar-refractivity contribution in [3.05, 3.63) is 64.6 Å². The van der Waals surface area contributed by atoms with Gasteiger partial charge in [-0.3, -0.25) is 10.7 Å². The summed E-state index contributed by atoms with van der Waals surface area (Å²) in [5, 5.41) is 12.5. The number of hydrogen-bond acceptors (Lipinski definition) is 4. The molecule has 5 nitrogen and oxygen atoms in total. The third kappa shape index (κ3) is 2.92. The SMILES string of the molecule is Cc1ccc2c(c1)c1c(n2C(N)(O)Cc2ccc(C)nc2)CCN(C)C1. The molecule has 0 amide bonds. The Kier molecular flexibility index (Phi) is 4.10. The summed E-state index contributed by atoms with van der Waals surface area (Å²) < 4.78 is 1.95. The van der Waals surface area contributed by atoms with Gasteiger partial charge < -0.3 is 14.6 Å². The number of rotatable bonds is 3. The lowest BCUT2D eigenvalue weighted by molar-refractivity contribution is -0.0299. The van der Waals surface area contributed by atoms with Gasteiger partial charge in [-0.2, -0.15) is 0 Å². The Bertz CT molecular complexity index is 956. The van der Waals surface area contributed by atoms with E-state index in [1.165, 1.54) is 16.5 Å². The molecule has 2 aromatic heterocycles. The van der Waals surface area contributed by atoms with Gasteiger partial charge >= 0.3 is 0 Å². The minimum atomic E-state index is -1.49. The molecular weight excluding hydrogens is 324 g/mol. The highest BCUT2D eigenvalue weighted by atomic mass is 16.3. The number of likely N-dealkylation sites (N-methyl/N-ethyl adjacent to an activating group) is 1. The van der Waals surface area contributed by atoms with Gasteiger partial charge in [-0.25, -0.2) is 0 Å². The number of nitrogens with zero attached hydrogens (tertiary/aromatic N) is 3. The van der Waals surface area contributed by atoms with Gasteiger partial charge in [0.2, 0.25) is 5.85 Å². The molecule has 1 unspecified atom stereocenters. The average Bonchev–Trinajstić information content (AvgIpc) is 2.90. The Balaban J connectivity index is 1.86. The lowest BCUT2D eigenvalue weighted by Gasteiger charge is -2.31. The predicted molar refractivity (Wildman–Crippen MR) is 104 cm³/mol. The summed E-state index contributed by atoms with van der Waals surface area (Å²) in [5.74, 6) is -1.49. The van der Waals surface area contributed by atoms with Gasteiger partial charge in [0.15, 0.2) is 0 Å². The Morgan fingerprint density at radius 1 is 1.23 bits per heavy atom. The van der Waals surface area contributed by atoms with Crippen molar-refractivity contribution in [2.24, 2.45) is 5.73 Å². The molecule has 136 valence electrons. The molecule has 0 fully saturated rings. The lowest BCUT2D eigenvalue weighted by atomic mass is 10.0. The number of aromatic nitrogens is 2. The molecule has 3 N–H and O–H groups in total. The first-order valence-corrected chi connectivity index (χ1v) is 9.10. The fourth-order valence-electron chi connectivity index (χ4n) is 4.03. The van der Waals surface area contributed by atoms with Crippen molar-refractivity contribution >= 4 is 10.9 Å². The largest absolute Gasteiger partial charge is 0.358 e. The van der Waals surface area contributed by atoms with Crippen LogP contribution in [0.5, 0.6) is 0 Å². The van der Waals surface area contributed by atoms with Crippen LogP contribution in [-0.4, -0.2) is 33.1 Å². The molecule has 0 bridgehead atoms. The van der Waals surface area contributed by atoms with E-state index < -0.39 is 5.85 Å². The molecule has 3 aromatic rings. The molecule has 0 spiro atoms. The summed E-state index contributed by atoms with van der Waals surface area (Å²) in [7, 11) is 2.13. The fourth-order valence-corrected chi connectivity index (χ4v) is 4.03. The van der Waals surface area contributed by atoms with E-state index in [9.17, 15) is 5.11 Å². The summed E-state index contributed by atoms with van der Waals surface area (Å²) >= 11 is 0. The second-order valence-corrected chi connectivity index (χ2v) is 7.63. The highest BCUT2D eigenvalue weighted by molar-refractivity contribution is 5.86. The number of nitrogens with two attached hydrogens (primary N) is 1. The second kappa shape index (κ2) is 6.20. The molecule has 0 saturated heterocycles. The molecule has 5 heteroatoms. The van der Waals surface area contributed by atoms with E-state index >= 15 is 0 Å². The van der Waals surface area contributed by atoms with Crippen LogP contribution in [0.2, 0.25) is 0 Å². The standard InChI is InChI=1S/C21H26N4O/c1-14-4-7-19-17(10-14)18-13-24(3)9-8-20(18)25(19)21(22,26)11-16-6-5-15(2)23-12-16/h4-7,10,12,26H,8-9,11,13,22H2,1-3H3. The normalized spacial score (nSPS) is 17.3. The summed E-state index contributed by atoms with van der Waals surface area (Å²) in [6, 6.07) is 10.3. The van der Waals surface area contributed by atoms with E-state index in [-0.39, 0.29) is 0 Å². The van der Waals surface area contributed by atoms with Crippen molar-refractivity contribution in [3.63, 3.8) is 0 Å². The third-order valence-electron chi connectivity index (χ3n) is 5.32. The van der Waals surface area contributed by atoms with Crippen molar-refractivity contribution in [1.29, 1.82) is 0 Å². The van der Waals surface area contributed by atoms with E-state index in [0.29, 0.717) is 6.42 Å². The number of pyridine rings is 1. The van der Waals surface area contributed by atoms with Crippen LogP contribution in [0.3, 0.4) is 0 Å². The fraction of sp³-hybridized carbons (Fsp3) is 0.381. The van der Waals surface area contributed by atoms with E-state index in [1.807, 2.05) is 23.6 Å². The molecule has 0 aliphatic carbocycles. The highest BCUT2D eigenvalue weighted by Gasteiger charge is 2.32. The van der Waals surface area contributed by atoms with Crippen molar-refractivity contribution in [3.8, 4) is 0 Å². The summed E-state index contributed by atoms with van der Waals surface area (Å²) in [5.41, 5.74) is 13.0. The van der Waals surface area contributed by atoms with E-state index in [1.54, 1.807) is 6.20 Å². The van der Waals surface area contributed by atoms with Crippen LogP contribution in [0, 0.1) is 13.8 Å². The summed E-state index contributed by atoms with van der Waals surface area (Å²) in [6.45, 7) is 5.89. The van der Waals surface area contributed by atoms with Crippen LogP contribution in [-0.2, 0) is 25.2 Å². The van der Waals surface area contributed by atoms with Crippen LogP contribution in [0.1, 0.15) is 28.1 Å². The smallest absolute Gasteiger partial charge is 0.201 e. The Labute approximate surface area is 154 Å². The first-order valence-electron chi connectivity index (χ1n) is 9.10. The maximum Gasteiger partial charge on any atom is 0.201 e. The first-order chi connectivity index (χ1) is 12.3. The van der Waals surface area contributed by atoms with Crippen LogP contribution < -0.4 is 5.73 Å². The molecule has 1 aliphatic heterocycles. The van der Waals surface area contributed by atoms with Gasteiger partial charge in [0.25, 0.3) is 0 Å². The van der Waals surface area contributed by atoms with Crippen LogP contribution in [0.4, 0.5) is 0 Å². The Morgan fingerprint density at radius 2 is 2.04 bits per heavy atom. The minimum absolute atomic E-state index is 0.320.